The molecule has 1 aromatic heterocycles. The number of pyridine rings is 1. The fourth-order valence-electron chi connectivity index (χ4n) is 3.16. The van der Waals surface area contributed by atoms with Crippen LogP contribution in [0.1, 0.15) is 51.5 Å². The van der Waals surface area contributed by atoms with E-state index in [1.54, 1.807) is 6.07 Å². The Morgan fingerprint density at radius 3 is 2.56 bits per heavy atom. The Bertz CT molecular complexity index is 826. The fraction of sp³-hybridized carbons (Fsp3) is 0.571. The number of hydrogen-bond acceptors (Lipinski definition) is 3. The number of benzene rings is 1. The van der Waals surface area contributed by atoms with Crippen LogP contribution in [0.3, 0.4) is 0 Å². The SMILES string of the molecule is CCCCOc1ccc([C@H](CBr)CC(C)(C)[Si](C)(C)O)c2ccc(=O)[nH]c12. The van der Waals surface area contributed by atoms with Gasteiger partial charge in [-0.1, -0.05) is 49.2 Å². The first-order chi connectivity index (χ1) is 12.6. The van der Waals surface area contributed by atoms with E-state index in [9.17, 15) is 9.59 Å². The molecule has 6 heteroatoms. The molecule has 27 heavy (non-hydrogen) atoms. The molecule has 2 rings (SSSR count). The number of ether oxygens (including phenoxy) is 1. The third-order valence-corrected chi connectivity index (χ3v) is 9.98. The summed E-state index contributed by atoms with van der Waals surface area (Å²) in [5.41, 5.74) is 1.81. The summed E-state index contributed by atoms with van der Waals surface area (Å²) in [7, 11) is -2.31. The lowest BCUT2D eigenvalue weighted by Crippen LogP contribution is -2.40. The Morgan fingerprint density at radius 2 is 1.96 bits per heavy atom. The Morgan fingerprint density at radius 1 is 1.26 bits per heavy atom. The quantitative estimate of drug-likeness (QED) is 0.297. The van der Waals surface area contributed by atoms with E-state index in [4.69, 9.17) is 4.74 Å². The van der Waals surface area contributed by atoms with Crippen molar-refractivity contribution in [3.63, 3.8) is 0 Å². The molecule has 4 nitrogen and oxygen atoms in total. The molecule has 0 aliphatic carbocycles. The van der Waals surface area contributed by atoms with Crippen LogP contribution in [0, 0.1) is 0 Å². The van der Waals surface area contributed by atoms with Crippen molar-refractivity contribution >= 4 is 35.2 Å². The summed E-state index contributed by atoms with van der Waals surface area (Å²) in [6.45, 7) is 11.1. The van der Waals surface area contributed by atoms with Gasteiger partial charge in [0.25, 0.3) is 0 Å². The zero-order valence-electron chi connectivity index (χ0n) is 17.1. The highest BCUT2D eigenvalue weighted by molar-refractivity contribution is 9.09. The summed E-state index contributed by atoms with van der Waals surface area (Å²) < 4.78 is 5.92. The van der Waals surface area contributed by atoms with Gasteiger partial charge < -0.3 is 14.5 Å². The lowest BCUT2D eigenvalue weighted by Gasteiger charge is -2.38. The zero-order valence-corrected chi connectivity index (χ0v) is 19.6. The van der Waals surface area contributed by atoms with E-state index in [0.29, 0.717) is 6.61 Å². The van der Waals surface area contributed by atoms with Gasteiger partial charge in [-0.3, -0.25) is 4.79 Å². The third kappa shape index (κ3) is 5.24. The van der Waals surface area contributed by atoms with Gasteiger partial charge in [0.05, 0.1) is 12.1 Å². The van der Waals surface area contributed by atoms with Gasteiger partial charge in [-0.2, -0.15) is 0 Å². The van der Waals surface area contributed by atoms with Gasteiger partial charge in [-0.05, 0) is 54.6 Å². The van der Waals surface area contributed by atoms with Gasteiger partial charge in [0.15, 0.2) is 8.32 Å². The molecule has 2 aromatic rings. The molecule has 1 aromatic carbocycles. The lowest BCUT2D eigenvalue weighted by atomic mass is 9.88. The molecule has 0 aliphatic heterocycles. The van der Waals surface area contributed by atoms with Gasteiger partial charge in [0, 0.05) is 16.8 Å². The Labute approximate surface area is 171 Å². The molecule has 0 saturated heterocycles. The molecule has 1 atom stereocenters. The molecule has 0 saturated carbocycles. The highest BCUT2D eigenvalue weighted by Crippen LogP contribution is 2.46. The van der Waals surface area contributed by atoms with Crippen LogP contribution in [0.15, 0.2) is 29.1 Å². The maximum atomic E-state index is 11.9. The minimum atomic E-state index is -2.31. The molecule has 150 valence electrons. The fourth-order valence-corrected chi connectivity index (χ4v) is 4.49. The van der Waals surface area contributed by atoms with Crippen LogP contribution >= 0.6 is 15.9 Å². The molecule has 0 bridgehead atoms. The first-order valence-electron chi connectivity index (χ1n) is 9.67. The maximum absolute atomic E-state index is 11.9. The van der Waals surface area contributed by atoms with Crippen molar-refractivity contribution in [3.05, 3.63) is 40.2 Å². The lowest BCUT2D eigenvalue weighted by molar-refractivity contribution is 0.312. The molecule has 0 radical (unpaired) electrons. The van der Waals surface area contributed by atoms with Crippen molar-refractivity contribution in [1.29, 1.82) is 0 Å². The molecule has 0 aliphatic rings. The van der Waals surface area contributed by atoms with Crippen LogP contribution in [0.4, 0.5) is 0 Å². The third-order valence-electron chi connectivity index (χ3n) is 5.69. The van der Waals surface area contributed by atoms with Crippen molar-refractivity contribution < 1.29 is 9.53 Å². The predicted octanol–water partition coefficient (Wildman–Crippen LogP) is 5.55. The summed E-state index contributed by atoms with van der Waals surface area (Å²) >= 11 is 3.67. The van der Waals surface area contributed by atoms with Crippen LogP contribution < -0.4 is 10.3 Å². The molecule has 2 N–H and O–H groups in total. The number of unbranched alkanes of at least 4 members (excludes halogenated alkanes) is 1. The molecular formula is C21H32BrNO3Si. The summed E-state index contributed by atoms with van der Waals surface area (Å²) in [5.74, 6) is 0.960. The highest BCUT2D eigenvalue weighted by Gasteiger charge is 2.40. The van der Waals surface area contributed by atoms with Crippen LogP contribution in [-0.4, -0.2) is 30.0 Å². The van der Waals surface area contributed by atoms with Crippen LogP contribution in [0.5, 0.6) is 5.75 Å². The zero-order chi connectivity index (χ0) is 20.2. The predicted molar refractivity (Wildman–Crippen MR) is 120 cm³/mol. The second kappa shape index (κ2) is 8.93. The maximum Gasteiger partial charge on any atom is 0.248 e. The van der Waals surface area contributed by atoms with E-state index in [1.807, 2.05) is 25.2 Å². The average molecular weight is 454 g/mol. The van der Waals surface area contributed by atoms with Gasteiger partial charge in [-0.15, -0.1) is 0 Å². The van der Waals surface area contributed by atoms with Gasteiger partial charge in [0.2, 0.25) is 5.56 Å². The number of nitrogens with one attached hydrogen (secondary N) is 1. The standard InChI is InChI=1S/C21H32BrNO3Si/c1-6-7-12-26-18-10-8-16(17-9-11-19(24)23-20(17)18)15(14-22)13-21(2,3)27(4,5)25/h8-11,15,25H,6-7,12-14H2,1-5H3,(H,23,24)/t15-/m0/s1. The van der Waals surface area contributed by atoms with Gasteiger partial charge in [0.1, 0.15) is 5.75 Å². The Kier molecular flexibility index (Phi) is 7.33. The van der Waals surface area contributed by atoms with Crippen molar-refractivity contribution in [1.82, 2.24) is 4.98 Å². The van der Waals surface area contributed by atoms with E-state index in [0.717, 1.165) is 41.2 Å². The van der Waals surface area contributed by atoms with Crippen LogP contribution in [-0.2, 0) is 0 Å². The number of halogens is 1. The van der Waals surface area contributed by atoms with Crippen LogP contribution in [0.2, 0.25) is 18.1 Å². The second-order valence-electron chi connectivity index (χ2n) is 8.46. The largest absolute Gasteiger partial charge is 0.491 e. The average Bonchev–Trinajstić information content (AvgIpc) is 2.59. The van der Waals surface area contributed by atoms with E-state index >= 15 is 0 Å². The highest BCUT2D eigenvalue weighted by atomic mass is 79.9. The molecule has 0 amide bonds. The number of aromatic nitrogens is 1. The summed E-state index contributed by atoms with van der Waals surface area (Å²) in [6.07, 6.45) is 2.92. The second-order valence-corrected chi connectivity index (χ2v) is 13.6. The molecule has 0 fully saturated rings. The number of hydrogen-bond donors (Lipinski definition) is 2. The van der Waals surface area contributed by atoms with Gasteiger partial charge >= 0.3 is 0 Å². The smallest absolute Gasteiger partial charge is 0.248 e. The first-order valence-corrected chi connectivity index (χ1v) is 13.7. The van der Waals surface area contributed by atoms with Crippen molar-refractivity contribution in [2.45, 2.75) is 64.1 Å². The van der Waals surface area contributed by atoms with Gasteiger partial charge in [-0.25, -0.2) is 0 Å². The van der Waals surface area contributed by atoms with Crippen molar-refractivity contribution in [2.24, 2.45) is 0 Å². The summed E-state index contributed by atoms with van der Waals surface area (Å²) in [6, 6.07) is 7.53. The number of aromatic amines is 1. The van der Waals surface area contributed by atoms with Crippen molar-refractivity contribution in [3.8, 4) is 5.75 Å². The number of fused-ring (bicyclic) bond motifs is 1. The van der Waals surface area contributed by atoms with Crippen LogP contribution in [0.25, 0.3) is 10.9 Å². The molecule has 1 heterocycles. The summed E-state index contributed by atoms with van der Waals surface area (Å²) in [5, 5.41) is 1.68. The number of rotatable bonds is 9. The Hall–Kier alpha value is -1.11. The Balaban J connectivity index is 2.48. The normalized spacial score (nSPS) is 13.7. The van der Waals surface area contributed by atoms with E-state index in [2.05, 4.69) is 47.8 Å². The van der Waals surface area contributed by atoms with E-state index in [-0.39, 0.29) is 16.5 Å². The first kappa shape index (κ1) is 22.2. The monoisotopic (exact) mass is 453 g/mol. The number of alkyl halides is 1. The molecule has 0 spiro atoms. The molecular weight excluding hydrogens is 422 g/mol. The minimum Gasteiger partial charge on any atom is -0.491 e. The number of H-pyrrole nitrogens is 1. The van der Waals surface area contributed by atoms with E-state index < -0.39 is 8.32 Å². The molecule has 0 unspecified atom stereocenters. The van der Waals surface area contributed by atoms with Crippen molar-refractivity contribution in [2.75, 3.05) is 11.9 Å². The minimum absolute atomic E-state index is 0.125. The summed E-state index contributed by atoms with van der Waals surface area (Å²) in [4.78, 5) is 25.6. The van der Waals surface area contributed by atoms with E-state index in [1.165, 1.54) is 5.56 Å². The topological polar surface area (TPSA) is 62.3 Å².